The van der Waals surface area contributed by atoms with E-state index in [1.54, 1.807) is 0 Å². The topological polar surface area (TPSA) is 78.9 Å². The standard InChI is InChI=1S/C50H90O6/c1-4-7-10-13-16-19-21-22-23-24-25-26-27-28-29-32-34-37-40-43-49(52)55-46-47(45-54-48(51)42-39-36-33-30-18-15-12-9-6-3)56-50(53)44-41-38-35-31-20-17-14-11-8-5-2/h11,14,16,19,22-23,47H,4-10,12-13,15,17-18,20-21,24-46H2,1-3H3/b14-11-,19-16-,23-22-. The number of allylic oxidation sites excluding steroid dienone is 6. The molecule has 0 amide bonds. The molecule has 0 heterocycles. The number of unbranched alkanes of at least 4 members (excludes halogenated alkanes) is 26. The smallest absolute Gasteiger partial charge is 0.306 e. The molecule has 0 aromatic carbocycles. The minimum atomic E-state index is -0.772. The molecule has 326 valence electrons. The first-order valence-electron chi connectivity index (χ1n) is 24.0. The molecule has 0 N–H and O–H groups in total. The van der Waals surface area contributed by atoms with E-state index >= 15 is 0 Å². The lowest BCUT2D eigenvalue weighted by molar-refractivity contribution is -0.167. The molecule has 6 heteroatoms. The highest BCUT2D eigenvalue weighted by molar-refractivity contribution is 5.71. The highest BCUT2D eigenvalue weighted by atomic mass is 16.6. The number of hydrogen-bond donors (Lipinski definition) is 0. The van der Waals surface area contributed by atoms with Crippen molar-refractivity contribution in [1.82, 2.24) is 0 Å². The molecule has 0 aromatic rings. The summed E-state index contributed by atoms with van der Waals surface area (Å²) in [5.41, 5.74) is 0. The highest BCUT2D eigenvalue weighted by Gasteiger charge is 2.19. The van der Waals surface area contributed by atoms with Crippen LogP contribution in [0.5, 0.6) is 0 Å². The lowest BCUT2D eigenvalue weighted by atomic mass is 10.1. The average Bonchev–Trinajstić information content (AvgIpc) is 3.19. The van der Waals surface area contributed by atoms with Gasteiger partial charge in [-0.05, 0) is 70.6 Å². The largest absolute Gasteiger partial charge is 0.462 e. The van der Waals surface area contributed by atoms with Gasteiger partial charge in [-0.3, -0.25) is 14.4 Å². The molecule has 0 fully saturated rings. The van der Waals surface area contributed by atoms with E-state index in [0.29, 0.717) is 19.3 Å². The van der Waals surface area contributed by atoms with Crippen LogP contribution in [0.2, 0.25) is 0 Å². The fourth-order valence-electron chi connectivity index (χ4n) is 6.71. The van der Waals surface area contributed by atoms with Gasteiger partial charge in [-0.1, -0.05) is 192 Å². The van der Waals surface area contributed by atoms with Gasteiger partial charge in [-0.25, -0.2) is 0 Å². The van der Waals surface area contributed by atoms with Gasteiger partial charge in [0.2, 0.25) is 0 Å². The summed E-state index contributed by atoms with van der Waals surface area (Å²) < 4.78 is 16.7. The van der Waals surface area contributed by atoms with Gasteiger partial charge >= 0.3 is 17.9 Å². The summed E-state index contributed by atoms with van der Waals surface area (Å²) in [4.78, 5) is 37.7. The van der Waals surface area contributed by atoms with Crippen LogP contribution in [0.3, 0.4) is 0 Å². The van der Waals surface area contributed by atoms with Gasteiger partial charge in [0.15, 0.2) is 6.10 Å². The number of ether oxygens (including phenoxy) is 3. The maximum Gasteiger partial charge on any atom is 0.306 e. The fraction of sp³-hybridized carbons (Fsp3) is 0.820. The normalized spacial score (nSPS) is 12.3. The van der Waals surface area contributed by atoms with Gasteiger partial charge in [0, 0.05) is 19.3 Å². The van der Waals surface area contributed by atoms with Crippen molar-refractivity contribution in [1.29, 1.82) is 0 Å². The Morgan fingerprint density at radius 1 is 0.357 bits per heavy atom. The molecule has 1 atom stereocenters. The molecular formula is C50H90O6. The Kier molecular flexibility index (Phi) is 43.4. The van der Waals surface area contributed by atoms with Crippen molar-refractivity contribution in [2.45, 2.75) is 252 Å². The van der Waals surface area contributed by atoms with E-state index in [4.69, 9.17) is 14.2 Å². The summed E-state index contributed by atoms with van der Waals surface area (Å²) in [6, 6.07) is 0. The quantitative estimate of drug-likeness (QED) is 0.0265. The molecule has 6 nitrogen and oxygen atoms in total. The molecule has 0 aliphatic carbocycles. The van der Waals surface area contributed by atoms with Crippen LogP contribution in [-0.2, 0) is 28.6 Å². The Bertz CT molecular complexity index is 953. The lowest BCUT2D eigenvalue weighted by Crippen LogP contribution is -2.30. The lowest BCUT2D eigenvalue weighted by Gasteiger charge is -2.18. The summed E-state index contributed by atoms with van der Waals surface area (Å²) in [5.74, 6) is -0.889. The number of rotatable bonds is 43. The summed E-state index contributed by atoms with van der Waals surface area (Å²) in [6.07, 6.45) is 51.3. The average molecular weight is 787 g/mol. The van der Waals surface area contributed by atoms with E-state index in [1.165, 1.54) is 122 Å². The Balaban J connectivity index is 4.25. The Labute approximate surface area is 346 Å². The second-order valence-electron chi connectivity index (χ2n) is 16.0. The van der Waals surface area contributed by atoms with Crippen molar-refractivity contribution < 1.29 is 28.6 Å². The molecular weight excluding hydrogens is 697 g/mol. The van der Waals surface area contributed by atoms with E-state index in [9.17, 15) is 14.4 Å². The minimum absolute atomic E-state index is 0.0750. The Hall–Kier alpha value is -2.37. The van der Waals surface area contributed by atoms with E-state index in [0.717, 1.165) is 83.5 Å². The van der Waals surface area contributed by atoms with Crippen molar-refractivity contribution in [3.8, 4) is 0 Å². The van der Waals surface area contributed by atoms with Crippen LogP contribution >= 0.6 is 0 Å². The highest BCUT2D eigenvalue weighted by Crippen LogP contribution is 2.14. The third-order valence-corrected chi connectivity index (χ3v) is 10.3. The minimum Gasteiger partial charge on any atom is -0.462 e. The second kappa shape index (κ2) is 45.3. The number of hydrogen-bond acceptors (Lipinski definition) is 6. The van der Waals surface area contributed by atoms with Crippen molar-refractivity contribution in [3.05, 3.63) is 36.5 Å². The predicted octanol–water partition coefficient (Wildman–Crippen LogP) is 15.4. The van der Waals surface area contributed by atoms with Gasteiger partial charge in [0.05, 0.1) is 0 Å². The molecule has 56 heavy (non-hydrogen) atoms. The van der Waals surface area contributed by atoms with Crippen LogP contribution in [-0.4, -0.2) is 37.2 Å². The molecule has 0 saturated carbocycles. The number of carbonyl (C=O) groups is 3. The van der Waals surface area contributed by atoms with Crippen molar-refractivity contribution in [2.24, 2.45) is 0 Å². The van der Waals surface area contributed by atoms with E-state index < -0.39 is 6.10 Å². The molecule has 1 unspecified atom stereocenters. The first kappa shape index (κ1) is 53.6. The Morgan fingerprint density at radius 3 is 1.11 bits per heavy atom. The maximum absolute atomic E-state index is 12.7. The molecule has 0 saturated heterocycles. The zero-order valence-corrected chi connectivity index (χ0v) is 37.2. The summed E-state index contributed by atoms with van der Waals surface area (Å²) >= 11 is 0. The molecule has 0 aliphatic rings. The first-order chi connectivity index (χ1) is 27.5. The van der Waals surface area contributed by atoms with Gasteiger partial charge in [0.25, 0.3) is 0 Å². The number of carbonyl (C=O) groups excluding carboxylic acids is 3. The molecule has 0 aromatic heterocycles. The number of esters is 3. The zero-order chi connectivity index (χ0) is 40.8. The summed E-state index contributed by atoms with van der Waals surface area (Å²) in [6.45, 7) is 6.52. The molecule has 0 spiro atoms. The fourth-order valence-corrected chi connectivity index (χ4v) is 6.71. The van der Waals surface area contributed by atoms with Crippen LogP contribution in [0.1, 0.15) is 245 Å². The summed E-state index contributed by atoms with van der Waals surface area (Å²) in [5, 5.41) is 0. The van der Waals surface area contributed by atoms with Crippen LogP contribution in [0.25, 0.3) is 0 Å². The van der Waals surface area contributed by atoms with Gasteiger partial charge in [0.1, 0.15) is 13.2 Å². The predicted molar refractivity (Wildman–Crippen MR) is 238 cm³/mol. The van der Waals surface area contributed by atoms with Crippen LogP contribution < -0.4 is 0 Å². The van der Waals surface area contributed by atoms with Crippen LogP contribution in [0.4, 0.5) is 0 Å². The van der Waals surface area contributed by atoms with Crippen LogP contribution in [0, 0.1) is 0 Å². The van der Waals surface area contributed by atoms with Crippen molar-refractivity contribution >= 4 is 17.9 Å². The second-order valence-corrected chi connectivity index (χ2v) is 16.0. The van der Waals surface area contributed by atoms with E-state index in [-0.39, 0.29) is 31.1 Å². The van der Waals surface area contributed by atoms with Gasteiger partial charge in [-0.15, -0.1) is 0 Å². The van der Waals surface area contributed by atoms with Crippen LogP contribution in [0.15, 0.2) is 36.5 Å². The summed E-state index contributed by atoms with van der Waals surface area (Å²) in [7, 11) is 0. The van der Waals surface area contributed by atoms with E-state index in [2.05, 4.69) is 57.2 Å². The first-order valence-corrected chi connectivity index (χ1v) is 24.0. The van der Waals surface area contributed by atoms with Crippen molar-refractivity contribution in [3.63, 3.8) is 0 Å². The molecule has 0 radical (unpaired) electrons. The third kappa shape index (κ3) is 42.8. The van der Waals surface area contributed by atoms with Crippen molar-refractivity contribution in [2.75, 3.05) is 13.2 Å². The van der Waals surface area contributed by atoms with E-state index in [1.807, 2.05) is 0 Å². The maximum atomic E-state index is 12.7. The molecule has 0 bridgehead atoms. The SMILES string of the molecule is CCC/C=C\CCCCCCCC(=O)OC(COC(=O)CCCCCCCCCCC)COC(=O)CCCCCCCCCCC/C=C\C/C=C\CCCCC. The third-order valence-electron chi connectivity index (χ3n) is 10.3. The monoisotopic (exact) mass is 787 g/mol. The van der Waals surface area contributed by atoms with Gasteiger partial charge in [-0.2, -0.15) is 0 Å². The van der Waals surface area contributed by atoms with Gasteiger partial charge < -0.3 is 14.2 Å². The molecule has 0 aliphatic heterocycles. The zero-order valence-electron chi connectivity index (χ0n) is 37.2. The molecule has 0 rings (SSSR count). The Morgan fingerprint density at radius 2 is 0.679 bits per heavy atom.